The third-order valence-corrected chi connectivity index (χ3v) is 7.30. The van der Waals surface area contributed by atoms with Crippen LogP contribution in [0.15, 0.2) is 0 Å². The number of hydrogen-bond donors (Lipinski definition) is 0. The van der Waals surface area contributed by atoms with Crippen molar-refractivity contribution in [2.75, 3.05) is 26.7 Å². The fourth-order valence-electron chi connectivity index (χ4n) is 4.69. The second kappa shape index (κ2) is 8.34. The van der Waals surface area contributed by atoms with E-state index in [1.165, 1.54) is 64.6 Å². The van der Waals surface area contributed by atoms with Crippen molar-refractivity contribution in [2.24, 2.45) is 17.3 Å². The van der Waals surface area contributed by atoms with E-state index < -0.39 is 0 Å². The van der Waals surface area contributed by atoms with Crippen molar-refractivity contribution in [1.29, 1.82) is 0 Å². The molecule has 0 bridgehead atoms. The molecule has 1 saturated carbocycles. The first kappa shape index (κ1) is 19.2. The lowest BCUT2D eigenvalue weighted by molar-refractivity contribution is 0.0267. The highest BCUT2D eigenvalue weighted by molar-refractivity contribution is 4.91. The average Bonchev–Trinajstić information content (AvgIpc) is 2.53. The van der Waals surface area contributed by atoms with Gasteiger partial charge in [-0.25, -0.2) is 0 Å². The Kier molecular flexibility index (Phi) is 6.98. The van der Waals surface area contributed by atoms with Crippen molar-refractivity contribution in [3.8, 4) is 0 Å². The quantitative estimate of drug-likeness (QED) is 0.676. The summed E-state index contributed by atoms with van der Waals surface area (Å²) in [5.74, 6) is 1.90. The summed E-state index contributed by atoms with van der Waals surface area (Å²) in [7, 11) is 2.26. The first-order chi connectivity index (χ1) is 10.8. The van der Waals surface area contributed by atoms with Crippen LogP contribution in [-0.2, 0) is 0 Å². The molecule has 136 valence electrons. The zero-order valence-electron chi connectivity index (χ0n) is 16.8. The summed E-state index contributed by atoms with van der Waals surface area (Å²) in [5, 5.41) is 0. The molecule has 0 N–H and O–H groups in total. The molecular formula is C21H42N2. The molecule has 1 heterocycles. The normalized spacial score (nSPS) is 24.9. The molecule has 0 amide bonds. The van der Waals surface area contributed by atoms with Gasteiger partial charge in [-0.3, -0.25) is 0 Å². The SMILES string of the molecule is CC(C)C1CCC2(CC1)CCN(C(C)CCN(C)C(C)C)CC2. The fraction of sp³-hybridized carbons (Fsp3) is 1.00. The molecule has 1 spiro atoms. The monoisotopic (exact) mass is 322 g/mol. The highest BCUT2D eigenvalue weighted by Gasteiger charge is 2.39. The van der Waals surface area contributed by atoms with E-state index in [-0.39, 0.29) is 0 Å². The standard InChI is InChI=1S/C21H42N2/c1-17(2)20-7-10-21(11-8-20)12-15-23(16-13-21)19(5)9-14-22(6)18(3)4/h17-20H,7-16H2,1-6H3. The van der Waals surface area contributed by atoms with Crippen LogP contribution in [0.25, 0.3) is 0 Å². The maximum Gasteiger partial charge on any atom is 0.00791 e. The smallest absolute Gasteiger partial charge is 0.00791 e. The van der Waals surface area contributed by atoms with Crippen molar-refractivity contribution in [3.63, 3.8) is 0 Å². The average molecular weight is 323 g/mol. The number of piperidine rings is 1. The molecule has 2 fully saturated rings. The maximum absolute atomic E-state index is 2.77. The number of hydrogen-bond acceptors (Lipinski definition) is 2. The lowest BCUT2D eigenvalue weighted by Crippen LogP contribution is -2.46. The lowest BCUT2D eigenvalue weighted by atomic mass is 9.64. The van der Waals surface area contributed by atoms with Crippen LogP contribution in [0.5, 0.6) is 0 Å². The molecule has 0 radical (unpaired) electrons. The summed E-state index contributed by atoms with van der Waals surface area (Å²) < 4.78 is 0. The summed E-state index contributed by atoms with van der Waals surface area (Å²) in [6.07, 6.45) is 10.2. The Morgan fingerprint density at radius 2 is 1.52 bits per heavy atom. The van der Waals surface area contributed by atoms with Crippen molar-refractivity contribution in [3.05, 3.63) is 0 Å². The van der Waals surface area contributed by atoms with E-state index in [2.05, 4.69) is 51.5 Å². The van der Waals surface area contributed by atoms with Crippen LogP contribution in [0, 0.1) is 17.3 Å². The molecule has 23 heavy (non-hydrogen) atoms. The number of likely N-dealkylation sites (tertiary alicyclic amines) is 1. The highest BCUT2D eigenvalue weighted by Crippen LogP contribution is 2.47. The van der Waals surface area contributed by atoms with Crippen LogP contribution in [0.4, 0.5) is 0 Å². The molecule has 1 aliphatic carbocycles. The van der Waals surface area contributed by atoms with Gasteiger partial charge in [0.25, 0.3) is 0 Å². The second-order valence-electron chi connectivity index (χ2n) is 9.33. The van der Waals surface area contributed by atoms with Crippen LogP contribution in [0.1, 0.15) is 79.6 Å². The molecular weight excluding hydrogens is 280 g/mol. The Morgan fingerprint density at radius 1 is 0.957 bits per heavy atom. The van der Waals surface area contributed by atoms with E-state index in [0.717, 1.165) is 23.3 Å². The summed E-state index contributed by atoms with van der Waals surface area (Å²) in [5.41, 5.74) is 0.719. The zero-order chi connectivity index (χ0) is 17.0. The second-order valence-corrected chi connectivity index (χ2v) is 9.33. The van der Waals surface area contributed by atoms with Gasteiger partial charge in [0, 0.05) is 12.1 Å². The molecule has 2 heteroatoms. The van der Waals surface area contributed by atoms with Gasteiger partial charge < -0.3 is 9.80 Å². The Labute approximate surface area is 146 Å². The number of rotatable bonds is 6. The third-order valence-electron chi connectivity index (χ3n) is 7.30. The van der Waals surface area contributed by atoms with Gasteiger partial charge in [-0.15, -0.1) is 0 Å². The molecule has 1 aliphatic heterocycles. The first-order valence-corrected chi connectivity index (χ1v) is 10.3. The van der Waals surface area contributed by atoms with Gasteiger partial charge >= 0.3 is 0 Å². The minimum atomic E-state index is 0.669. The van der Waals surface area contributed by atoms with Crippen molar-refractivity contribution in [1.82, 2.24) is 9.80 Å². The molecule has 2 rings (SSSR count). The Bertz CT molecular complexity index is 332. The highest BCUT2D eigenvalue weighted by atomic mass is 15.2. The van der Waals surface area contributed by atoms with E-state index in [0.29, 0.717) is 6.04 Å². The van der Waals surface area contributed by atoms with E-state index in [9.17, 15) is 0 Å². The lowest BCUT2D eigenvalue weighted by Gasteiger charge is -2.48. The summed E-state index contributed by atoms with van der Waals surface area (Å²) >= 11 is 0. The van der Waals surface area contributed by atoms with E-state index >= 15 is 0 Å². The van der Waals surface area contributed by atoms with Crippen LogP contribution in [0.3, 0.4) is 0 Å². The van der Waals surface area contributed by atoms with E-state index in [1.807, 2.05) is 0 Å². The van der Waals surface area contributed by atoms with E-state index in [1.54, 1.807) is 0 Å². The van der Waals surface area contributed by atoms with Crippen molar-refractivity contribution >= 4 is 0 Å². The van der Waals surface area contributed by atoms with Crippen LogP contribution in [0.2, 0.25) is 0 Å². The van der Waals surface area contributed by atoms with Crippen LogP contribution < -0.4 is 0 Å². The molecule has 1 atom stereocenters. The maximum atomic E-state index is 2.77. The van der Waals surface area contributed by atoms with Crippen LogP contribution in [-0.4, -0.2) is 48.6 Å². The molecule has 0 aromatic heterocycles. The van der Waals surface area contributed by atoms with Crippen LogP contribution >= 0.6 is 0 Å². The van der Waals surface area contributed by atoms with Crippen molar-refractivity contribution < 1.29 is 0 Å². The molecule has 1 unspecified atom stereocenters. The first-order valence-electron chi connectivity index (χ1n) is 10.3. The Hall–Kier alpha value is -0.0800. The van der Waals surface area contributed by atoms with Gasteiger partial charge in [0.05, 0.1) is 0 Å². The molecule has 2 nitrogen and oxygen atoms in total. The van der Waals surface area contributed by atoms with Gasteiger partial charge in [-0.1, -0.05) is 13.8 Å². The van der Waals surface area contributed by atoms with Gasteiger partial charge in [0.2, 0.25) is 0 Å². The third kappa shape index (κ3) is 5.19. The van der Waals surface area contributed by atoms with Crippen molar-refractivity contribution in [2.45, 2.75) is 91.6 Å². The topological polar surface area (TPSA) is 6.48 Å². The summed E-state index contributed by atoms with van der Waals surface area (Å²) in [4.78, 5) is 5.25. The Morgan fingerprint density at radius 3 is 2.00 bits per heavy atom. The van der Waals surface area contributed by atoms with Gasteiger partial charge in [-0.05, 0) is 110 Å². The number of nitrogens with zero attached hydrogens (tertiary/aromatic N) is 2. The summed E-state index contributed by atoms with van der Waals surface area (Å²) in [6, 6.07) is 1.42. The zero-order valence-corrected chi connectivity index (χ0v) is 16.8. The molecule has 0 aromatic carbocycles. The largest absolute Gasteiger partial charge is 0.304 e. The summed E-state index contributed by atoms with van der Waals surface area (Å²) in [6.45, 7) is 15.8. The van der Waals surface area contributed by atoms with E-state index in [4.69, 9.17) is 0 Å². The Balaban J connectivity index is 1.73. The minimum Gasteiger partial charge on any atom is -0.304 e. The van der Waals surface area contributed by atoms with Gasteiger partial charge in [0.1, 0.15) is 0 Å². The predicted octanol–water partition coefficient (Wildman–Crippen LogP) is 5.03. The molecule has 2 aliphatic rings. The molecule has 1 saturated heterocycles. The predicted molar refractivity (Wildman–Crippen MR) is 102 cm³/mol. The fourth-order valence-corrected chi connectivity index (χ4v) is 4.69. The van der Waals surface area contributed by atoms with Gasteiger partial charge in [-0.2, -0.15) is 0 Å². The molecule has 0 aromatic rings. The minimum absolute atomic E-state index is 0.669. The van der Waals surface area contributed by atoms with Gasteiger partial charge in [0.15, 0.2) is 0 Å².